The highest BCUT2D eigenvalue weighted by Crippen LogP contribution is 2.29. The minimum absolute atomic E-state index is 0.178. The van der Waals surface area contributed by atoms with Gasteiger partial charge in [-0.05, 0) is 50.4 Å². The number of methoxy groups -OCH3 is 1. The third kappa shape index (κ3) is 4.49. The average Bonchev–Trinajstić information content (AvgIpc) is 3.15. The summed E-state index contributed by atoms with van der Waals surface area (Å²) < 4.78 is 6.73. The van der Waals surface area contributed by atoms with Gasteiger partial charge in [-0.3, -0.25) is 4.98 Å². The lowest BCUT2D eigenvalue weighted by Gasteiger charge is -2.33. The number of nitrogens with one attached hydrogen (secondary N) is 1. The van der Waals surface area contributed by atoms with E-state index in [9.17, 15) is 4.79 Å². The molecule has 1 N–H and O–H groups in total. The number of benzene rings is 1. The molecule has 152 valence electrons. The van der Waals surface area contributed by atoms with Crippen LogP contribution in [0, 0.1) is 5.92 Å². The summed E-state index contributed by atoms with van der Waals surface area (Å²) in [5.41, 5.74) is 0.555. The summed E-state index contributed by atoms with van der Waals surface area (Å²) >= 11 is 0. The number of aromatic amines is 1. The van der Waals surface area contributed by atoms with Crippen LogP contribution >= 0.6 is 0 Å². The average molecular weight is 385 g/mol. The van der Waals surface area contributed by atoms with Crippen LogP contribution in [0.2, 0.25) is 0 Å². The maximum Gasteiger partial charge on any atom is 0.348 e. The van der Waals surface area contributed by atoms with Crippen LogP contribution in [-0.2, 0) is 0 Å². The molecule has 1 atom stereocenters. The van der Waals surface area contributed by atoms with Crippen LogP contribution in [0.25, 0.3) is 5.69 Å². The first-order valence-electron chi connectivity index (χ1n) is 10.8. The Labute approximate surface area is 166 Å². The molecule has 6 heteroatoms. The van der Waals surface area contributed by atoms with Crippen molar-refractivity contribution in [2.24, 2.45) is 5.92 Å². The highest BCUT2D eigenvalue weighted by Gasteiger charge is 2.25. The first-order chi connectivity index (χ1) is 13.7. The van der Waals surface area contributed by atoms with Gasteiger partial charge in [0.05, 0.1) is 12.8 Å². The highest BCUT2D eigenvalue weighted by atomic mass is 16.5. The Bertz CT molecular complexity index is 822. The van der Waals surface area contributed by atoms with Crippen molar-refractivity contribution in [2.75, 3.05) is 26.7 Å². The molecule has 1 aromatic carbocycles. The lowest BCUT2D eigenvalue weighted by molar-refractivity contribution is 0.182. The first kappa shape index (κ1) is 19.2. The fourth-order valence-corrected chi connectivity index (χ4v) is 4.76. The molecule has 28 heavy (non-hydrogen) atoms. The number of aromatic nitrogens is 3. The van der Waals surface area contributed by atoms with E-state index in [4.69, 9.17) is 4.74 Å². The van der Waals surface area contributed by atoms with Crippen molar-refractivity contribution in [1.82, 2.24) is 19.7 Å². The van der Waals surface area contributed by atoms with Gasteiger partial charge in [0.25, 0.3) is 0 Å². The zero-order valence-electron chi connectivity index (χ0n) is 16.9. The van der Waals surface area contributed by atoms with Crippen LogP contribution in [0.4, 0.5) is 0 Å². The number of hydrogen-bond acceptors (Lipinski definition) is 4. The fourth-order valence-electron chi connectivity index (χ4n) is 4.76. The normalized spacial score (nSPS) is 21.7. The van der Waals surface area contributed by atoms with Crippen LogP contribution in [0.15, 0.2) is 29.1 Å². The van der Waals surface area contributed by atoms with Crippen molar-refractivity contribution in [3.8, 4) is 11.4 Å². The van der Waals surface area contributed by atoms with Crippen molar-refractivity contribution in [1.29, 1.82) is 0 Å². The Morgan fingerprint density at radius 2 is 2.04 bits per heavy atom. The number of ether oxygens (including phenoxy) is 1. The van der Waals surface area contributed by atoms with Crippen molar-refractivity contribution in [2.45, 2.75) is 57.3 Å². The molecule has 1 saturated heterocycles. The Morgan fingerprint density at radius 1 is 1.18 bits per heavy atom. The predicted octanol–water partition coefficient (Wildman–Crippen LogP) is 3.72. The van der Waals surface area contributed by atoms with E-state index < -0.39 is 0 Å². The lowest BCUT2D eigenvalue weighted by Crippen LogP contribution is -2.36. The SMILES string of the molecule is COc1cccc(-n2nc(C3CCCN(CCC4CCCCC4)C3)[nH]c2=O)c1. The smallest absolute Gasteiger partial charge is 0.348 e. The monoisotopic (exact) mass is 384 g/mol. The Hall–Kier alpha value is -2.08. The van der Waals surface area contributed by atoms with Gasteiger partial charge in [-0.25, -0.2) is 4.79 Å². The Kier molecular flexibility index (Phi) is 6.15. The quantitative estimate of drug-likeness (QED) is 0.824. The van der Waals surface area contributed by atoms with Crippen LogP contribution in [-0.4, -0.2) is 46.4 Å². The molecule has 1 aromatic heterocycles. The Morgan fingerprint density at radius 3 is 2.86 bits per heavy atom. The lowest BCUT2D eigenvalue weighted by atomic mass is 9.86. The molecular weight excluding hydrogens is 352 g/mol. The standard InChI is InChI=1S/C22H32N4O2/c1-28-20-11-5-10-19(15-20)26-22(27)23-21(24-26)18-9-6-13-25(16-18)14-12-17-7-3-2-4-8-17/h5,10-11,15,17-18H,2-4,6-9,12-14,16H2,1H3,(H,23,24,27). The van der Waals surface area contributed by atoms with Crippen molar-refractivity contribution in [3.63, 3.8) is 0 Å². The minimum Gasteiger partial charge on any atom is -0.497 e. The van der Waals surface area contributed by atoms with Gasteiger partial charge in [0.1, 0.15) is 11.6 Å². The second-order valence-electron chi connectivity index (χ2n) is 8.36. The van der Waals surface area contributed by atoms with Gasteiger partial charge in [0.2, 0.25) is 0 Å². The fraction of sp³-hybridized carbons (Fsp3) is 0.636. The molecule has 2 heterocycles. The van der Waals surface area contributed by atoms with Gasteiger partial charge in [-0.2, -0.15) is 4.68 Å². The van der Waals surface area contributed by atoms with E-state index in [1.54, 1.807) is 7.11 Å². The largest absolute Gasteiger partial charge is 0.497 e. The van der Waals surface area contributed by atoms with Crippen molar-refractivity contribution in [3.05, 3.63) is 40.6 Å². The van der Waals surface area contributed by atoms with E-state index in [0.717, 1.165) is 36.1 Å². The molecular formula is C22H32N4O2. The maximum absolute atomic E-state index is 12.5. The summed E-state index contributed by atoms with van der Waals surface area (Å²) in [6.07, 6.45) is 10.7. The van der Waals surface area contributed by atoms with Gasteiger partial charge in [0.15, 0.2) is 0 Å². The second kappa shape index (κ2) is 8.95. The third-order valence-electron chi connectivity index (χ3n) is 6.40. The molecule has 0 amide bonds. The molecule has 2 aromatic rings. The van der Waals surface area contributed by atoms with E-state index >= 15 is 0 Å². The number of piperidine rings is 1. The van der Waals surface area contributed by atoms with E-state index in [-0.39, 0.29) is 5.69 Å². The molecule has 2 aliphatic rings. The number of hydrogen-bond donors (Lipinski definition) is 1. The summed E-state index contributed by atoms with van der Waals surface area (Å²) in [7, 11) is 1.63. The molecule has 6 nitrogen and oxygen atoms in total. The third-order valence-corrected chi connectivity index (χ3v) is 6.40. The van der Waals surface area contributed by atoms with Crippen molar-refractivity contribution >= 4 is 0 Å². The van der Waals surface area contributed by atoms with Gasteiger partial charge in [0, 0.05) is 18.5 Å². The molecule has 0 radical (unpaired) electrons. The zero-order valence-corrected chi connectivity index (χ0v) is 16.9. The molecule has 1 unspecified atom stereocenters. The van der Waals surface area contributed by atoms with Gasteiger partial charge in [-0.1, -0.05) is 38.2 Å². The molecule has 0 spiro atoms. The van der Waals surface area contributed by atoms with Crippen LogP contribution in [0.1, 0.15) is 63.1 Å². The second-order valence-corrected chi connectivity index (χ2v) is 8.36. The summed E-state index contributed by atoms with van der Waals surface area (Å²) in [6.45, 7) is 3.35. The van der Waals surface area contributed by atoms with E-state index in [1.807, 2.05) is 24.3 Å². The molecule has 1 aliphatic carbocycles. The zero-order chi connectivity index (χ0) is 19.3. The number of H-pyrrole nitrogens is 1. The van der Waals surface area contributed by atoms with Gasteiger partial charge in [-0.15, -0.1) is 5.10 Å². The first-order valence-corrected chi connectivity index (χ1v) is 10.8. The molecule has 2 fully saturated rings. The van der Waals surface area contributed by atoms with Gasteiger partial charge >= 0.3 is 5.69 Å². The molecule has 1 saturated carbocycles. The molecule has 0 bridgehead atoms. The number of rotatable bonds is 6. The van der Waals surface area contributed by atoms with Crippen LogP contribution in [0.3, 0.4) is 0 Å². The number of likely N-dealkylation sites (tertiary alicyclic amines) is 1. The van der Waals surface area contributed by atoms with Crippen LogP contribution in [0.5, 0.6) is 5.75 Å². The highest BCUT2D eigenvalue weighted by molar-refractivity contribution is 5.38. The van der Waals surface area contributed by atoms with E-state index in [0.29, 0.717) is 5.92 Å². The number of nitrogens with zero attached hydrogens (tertiary/aromatic N) is 3. The van der Waals surface area contributed by atoms with Gasteiger partial charge < -0.3 is 9.64 Å². The summed E-state index contributed by atoms with van der Waals surface area (Å²) in [6, 6.07) is 7.46. The summed E-state index contributed by atoms with van der Waals surface area (Å²) in [5.74, 6) is 2.76. The van der Waals surface area contributed by atoms with E-state index in [1.165, 1.54) is 62.7 Å². The molecule has 4 rings (SSSR count). The summed E-state index contributed by atoms with van der Waals surface area (Å²) in [5, 5.41) is 4.63. The summed E-state index contributed by atoms with van der Waals surface area (Å²) in [4.78, 5) is 18.1. The minimum atomic E-state index is -0.178. The Balaban J connectivity index is 1.41. The predicted molar refractivity (Wildman–Crippen MR) is 110 cm³/mol. The maximum atomic E-state index is 12.5. The van der Waals surface area contributed by atoms with E-state index in [2.05, 4.69) is 15.0 Å². The topological polar surface area (TPSA) is 63.1 Å². The molecule has 1 aliphatic heterocycles. The van der Waals surface area contributed by atoms with Crippen LogP contribution < -0.4 is 10.4 Å². The van der Waals surface area contributed by atoms with Crippen molar-refractivity contribution < 1.29 is 4.74 Å².